The van der Waals surface area contributed by atoms with Crippen molar-refractivity contribution >= 4 is 11.5 Å². The number of carbonyl (C=O) groups excluding carboxylic acids is 1. The van der Waals surface area contributed by atoms with Crippen molar-refractivity contribution < 1.29 is 4.79 Å². The molecule has 5 heteroatoms. The predicted molar refractivity (Wildman–Crippen MR) is 87.7 cm³/mol. The van der Waals surface area contributed by atoms with Gasteiger partial charge in [-0.1, -0.05) is 6.92 Å². The SMILES string of the molecule is CCc1cnccc1-c1c[nH]c(=O)c(N/C(C)=C/C(C)=O)c1. The van der Waals surface area contributed by atoms with Crippen molar-refractivity contribution in [2.45, 2.75) is 27.2 Å². The molecule has 0 bridgehead atoms. The summed E-state index contributed by atoms with van der Waals surface area (Å²) in [5.74, 6) is -0.0695. The van der Waals surface area contributed by atoms with Gasteiger partial charge >= 0.3 is 0 Å². The first-order valence-corrected chi connectivity index (χ1v) is 7.13. The van der Waals surface area contributed by atoms with Crippen LogP contribution in [-0.2, 0) is 11.2 Å². The van der Waals surface area contributed by atoms with E-state index in [-0.39, 0.29) is 11.3 Å². The molecule has 0 aromatic carbocycles. The van der Waals surface area contributed by atoms with Gasteiger partial charge in [-0.3, -0.25) is 14.6 Å². The molecule has 0 fully saturated rings. The van der Waals surface area contributed by atoms with E-state index >= 15 is 0 Å². The number of hydrogen-bond donors (Lipinski definition) is 2. The van der Waals surface area contributed by atoms with Crippen molar-refractivity contribution in [3.63, 3.8) is 0 Å². The highest BCUT2D eigenvalue weighted by atomic mass is 16.1. The number of ketones is 1. The Kier molecular flexibility index (Phi) is 4.88. The summed E-state index contributed by atoms with van der Waals surface area (Å²) in [6.45, 7) is 5.28. The Morgan fingerprint density at radius 1 is 1.41 bits per heavy atom. The number of carbonyl (C=O) groups is 1. The molecule has 2 rings (SSSR count). The van der Waals surface area contributed by atoms with Gasteiger partial charge in [-0.05, 0) is 49.6 Å². The Morgan fingerprint density at radius 2 is 2.18 bits per heavy atom. The number of aryl methyl sites for hydroxylation is 1. The zero-order valence-electron chi connectivity index (χ0n) is 12.9. The van der Waals surface area contributed by atoms with Crippen LogP contribution in [0.1, 0.15) is 26.3 Å². The summed E-state index contributed by atoms with van der Waals surface area (Å²) in [5, 5.41) is 2.97. The Hall–Kier alpha value is -2.69. The maximum absolute atomic E-state index is 11.9. The molecule has 114 valence electrons. The van der Waals surface area contributed by atoms with Crippen molar-refractivity contribution in [2.75, 3.05) is 5.32 Å². The van der Waals surface area contributed by atoms with Gasteiger partial charge in [0, 0.05) is 29.9 Å². The Morgan fingerprint density at radius 3 is 2.86 bits per heavy atom. The zero-order chi connectivity index (χ0) is 16.1. The lowest BCUT2D eigenvalue weighted by Gasteiger charge is -2.10. The fourth-order valence-electron chi connectivity index (χ4n) is 2.28. The highest BCUT2D eigenvalue weighted by Gasteiger charge is 2.07. The summed E-state index contributed by atoms with van der Waals surface area (Å²) in [7, 11) is 0. The number of pyridine rings is 2. The number of nitrogens with zero attached hydrogens (tertiary/aromatic N) is 1. The van der Waals surface area contributed by atoms with Crippen LogP contribution in [0, 0.1) is 0 Å². The summed E-state index contributed by atoms with van der Waals surface area (Å²) in [5.41, 5.74) is 3.84. The number of hydrogen-bond acceptors (Lipinski definition) is 4. The second-order valence-electron chi connectivity index (χ2n) is 5.08. The van der Waals surface area contributed by atoms with E-state index in [9.17, 15) is 9.59 Å². The summed E-state index contributed by atoms with van der Waals surface area (Å²) < 4.78 is 0. The van der Waals surface area contributed by atoms with Gasteiger partial charge in [0.2, 0.25) is 0 Å². The molecule has 2 aromatic heterocycles. The van der Waals surface area contributed by atoms with Crippen LogP contribution in [0.25, 0.3) is 11.1 Å². The molecule has 5 nitrogen and oxygen atoms in total. The number of nitrogens with one attached hydrogen (secondary N) is 2. The minimum Gasteiger partial charge on any atom is -0.355 e. The second-order valence-corrected chi connectivity index (χ2v) is 5.08. The van der Waals surface area contributed by atoms with E-state index in [4.69, 9.17) is 0 Å². The van der Waals surface area contributed by atoms with E-state index in [0.29, 0.717) is 11.4 Å². The van der Waals surface area contributed by atoms with Gasteiger partial charge < -0.3 is 10.3 Å². The third kappa shape index (κ3) is 3.69. The maximum atomic E-state index is 11.9. The van der Waals surface area contributed by atoms with E-state index in [1.54, 1.807) is 25.4 Å². The molecule has 0 aliphatic carbocycles. The van der Waals surface area contributed by atoms with Crippen LogP contribution in [0.15, 0.2) is 47.3 Å². The lowest BCUT2D eigenvalue weighted by Crippen LogP contribution is -2.13. The van der Waals surface area contributed by atoms with Gasteiger partial charge in [-0.25, -0.2) is 0 Å². The lowest BCUT2D eigenvalue weighted by molar-refractivity contribution is -0.112. The second kappa shape index (κ2) is 6.85. The fourth-order valence-corrected chi connectivity index (χ4v) is 2.28. The summed E-state index contributed by atoms with van der Waals surface area (Å²) in [4.78, 5) is 29.9. The molecule has 2 heterocycles. The monoisotopic (exact) mass is 297 g/mol. The molecule has 0 atom stereocenters. The molecule has 0 amide bonds. The van der Waals surface area contributed by atoms with Crippen molar-refractivity contribution in [3.8, 4) is 11.1 Å². The first kappa shape index (κ1) is 15.7. The van der Waals surface area contributed by atoms with Crippen LogP contribution in [-0.4, -0.2) is 15.8 Å². The molecule has 0 radical (unpaired) electrons. The first-order valence-electron chi connectivity index (χ1n) is 7.13. The van der Waals surface area contributed by atoms with E-state index in [0.717, 1.165) is 23.1 Å². The quantitative estimate of drug-likeness (QED) is 0.832. The van der Waals surface area contributed by atoms with Gasteiger partial charge in [0.05, 0.1) is 0 Å². The number of anilines is 1. The van der Waals surface area contributed by atoms with E-state index < -0.39 is 0 Å². The highest BCUT2D eigenvalue weighted by Crippen LogP contribution is 2.24. The fraction of sp³-hybridized carbons (Fsp3) is 0.235. The summed E-state index contributed by atoms with van der Waals surface area (Å²) in [6, 6.07) is 3.71. The van der Waals surface area contributed by atoms with E-state index in [2.05, 4.69) is 22.2 Å². The number of H-pyrrole nitrogens is 1. The average Bonchev–Trinajstić information content (AvgIpc) is 2.48. The van der Waals surface area contributed by atoms with Gasteiger partial charge in [-0.2, -0.15) is 0 Å². The highest BCUT2D eigenvalue weighted by molar-refractivity contribution is 5.88. The Balaban J connectivity index is 2.43. The van der Waals surface area contributed by atoms with E-state index in [1.807, 2.05) is 12.3 Å². The lowest BCUT2D eigenvalue weighted by atomic mass is 10.0. The molecule has 0 spiro atoms. The molecule has 0 aliphatic rings. The minimum absolute atomic E-state index is 0.0695. The van der Waals surface area contributed by atoms with Gasteiger partial charge in [0.15, 0.2) is 5.78 Å². The number of aromatic amines is 1. The molecule has 0 aliphatic heterocycles. The van der Waals surface area contributed by atoms with Crippen LogP contribution in [0.4, 0.5) is 5.69 Å². The Labute approximate surface area is 129 Å². The molecule has 2 aromatic rings. The molecule has 2 N–H and O–H groups in total. The van der Waals surface area contributed by atoms with Gasteiger partial charge in [0.25, 0.3) is 5.56 Å². The van der Waals surface area contributed by atoms with Crippen LogP contribution in [0.5, 0.6) is 0 Å². The largest absolute Gasteiger partial charge is 0.355 e. The smallest absolute Gasteiger partial charge is 0.271 e. The number of rotatable bonds is 5. The van der Waals surface area contributed by atoms with E-state index in [1.165, 1.54) is 13.0 Å². The predicted octanol–water partition coefficient (Wildman–Crippen LogP) is 2.90. The van der Waals surface area contributed by atoms with Crippen molar-refractivity contribution in [3.05, 3.63) is 58.4 Å². The van der Waals surface area contributed by atoms with Crippen LogP contribution in [0.3, 0.4) is 0 Å². The standard InChI is InChI=1S/C17H19N3O2/c1-4-13-9-18-6-5-15(13)14-8-16(17(22)19-10-14)20-11(2)7-12(3)21/h5-10,20H,4H2,1-3H3,(H,19,22)/b11-7+. The van der Waals surface area contributed by atoms with Crippen LogP contribution >= 0.6 is 0 Å². The first-order chi connectivity index (χ1) is 10.5. The Bertz CT molecular complexity index is 775. The maximum Gasteiger partial charge on any atom is 0.271 e. The summed E-state index contributed by atoms with van der Waals surface area (Å²) >= 11 is 0. The molecule has 22 heavy (non-hydrogen) atoms. The molecule has 0 saturated heterocycles. The van der Waals surface area contributed by atoms with Crippen molar-refractivity contribution in [1.82, 2.24) is 9.97 Å². The van der Waals surface area contributed by atoms with Gasteiger partial charge in [-0.15, -0.1) is 0 Å². The molecule has 0 saturated carbocycles. The third-order valence-corrected chi connectivity index (χ3v) is 3.25. The minimum atomic E-state index is -0.229. The van der Waals surface area contributed by atoms with Crippen molar-refractivity contribution in [1.29, 1.82) is 0 Å². The van der Waals surface area contributed by atoms with Crippen molar-refractivity contribution in [2.24, 2.45) is 0 Å². The topological polar surface area (TPSA) is 74.8 Å². The molecular formula is C17H19N3O2. The number of aromatic nitrogens is 2. The van der Waals surface area contributed by atoms with Crippen LogP contribution < -0.4 is 10.9 Å². The van der Waals surface area contributed by atoms with Crippen LogP contribution in [0.2, 0.25) is 0 Å². The zero-order valence-corrected chi connectivity index (χ0v) is 12.9. The average molecular weight is 297 g/mol. The normalized spacial score (nSPS) is 11.3. The van der Waals surface area contributed by atoms with Gasteiger partial charge in [0.1, 0.15) is 5.69 Å². The third-order valence-electron chi connectivity index (χ3n) is 3.25. The number of allylic oxidation sites excluding steroid dienone is 2. The molecular weight excluding hydrogens is 278 g/mol. The summed E-state index contributed by atoms with van der Waals surface area (Å²) in [6.07, 6.45) is 7.55. The molecule has 0 unspecified atom stereocenters.